The zero-order valence-corrected chi connectivity index (χ0v) is 14.9. The Kier molecular flexibility index (Phi) is 4.38. The second-order valence-corrected chi connectivity index (χ2v) is 7.44. The molecule has 1 unspecified atom stereocenters. The number of nitrogens with zero attached hydrogens (tertiary/aromatic N) is 1. The molecule has 2 aliphatic rings. The molecule has 1 heterocycles. The summed E-state index contributed by atoms with van der Waals surface area (Å²) in [7, 11) is 1.80. The number of amides is 2. The fraction of sp³-hybridized carbons (Fsp3) is 0.476. The first-order valence-electron chi connectivity index (χ1n) is 9.23. The molecule has 2 bridgehead atoms. The largest absolute Gasteiger partial charge is 0.381 e. The predicted octanol–water partition coefficient (Wildman–Crippen LogP) is 3.97. The van der Waals surface area contributed by atoms with Gasteiger partial charge in [-0.25, -0.2) is 4.79 Å². The molecular weight excluding hydrogens is 312 g/mol. The van der Waals surface area contributed by atoms with Crippen molar-refractivity contribution in [2.24, 2.45) is 11.8 Å². The molecule has 132 valence electrons. The lowest BCUT2D eigenvalue weighted by atomic mass is 9.95. The van der Waals surface area contributed by atoms with Gasteiger partial charge in [-0.05, 0) is 36.1 Å². The normalized spacial score (nSPS) is 26.6. The highest BCUT2D eigenvalue weighted by molar-refractivity contribution is 5.86. The molecule has 2 aromatic rings. The van der Waals surface area contributed by atoms with Crippen molar-refractivity contribution in [1.82, 2.24) is 10.2 Å². The number of carbonyl (C=O) groups excluding carboxylic acids is 1. The Labute approximate surface area is 149 Å². The number of hydrogen-bond donors (Lipinski definition) is 1. The van der Waals surface area contributed by atoms with Crippen molar-refractivity contribution in [2.75, 3.05) is 20.2 Å². The van der Waals surface area contributed by atoms with Gasteiger partial charge in [0.2, 0.25) is 0 Å². The van der Waals surface area contributed by atoms with E-state index in [1.165, 1.54) is 29.2 Å². The first kappa shape index (κ1) is 16.4. The van der Waals surface area contributed by atoms with Crippen LogP contribution in [-0.2, 0) is 4.74 Å². The Balaban J connectivity index is 1.48. The average Bonchev–Trinajstić information content (AvgIpc) is 2.88. The number of rotatable bonds is 3. The van der Waals surface area contributed by atoms with E-state index in [4.69, 9.17) is 4.74 Å². The van der Waals surface area contributed by atoms with E-state index in [9.17, 15) is 4.79 Å². The van der Waals surface area contributed by atoms with Gasteiger partial charge in [0.05, 0.1) is 12.1 Å². The smallest absolute Gasteiger partial charge is 0.317 e. The summed E-state index contributed by atoms with van der Waals surface area (Å²) in [5.74, 6) is 0.977. The molecule has 1 N–H and O–H groups in total. The van der Waals surface area contributed by atoms with E-state index in [-0.39, 0.29) is 12.1 Å². The molecule has 2 amide bonds. The van der Waals surface area contributed by atoms with Crippen molar-refractivity contribution in [2.45, 2.75) is 31.9 Å². The maximum absolute atomic E-state index is 12.8. The van der Waals surface area contributed by atoms with Crippen LogP contribution >= 0.6 is 0 Å². The van der Waals surface area contributed by atoms with Crippen LogP contribution in [0.25, 0.3) is 10.8 Å². The summed E-state index contributed by atoms with van der Waals surface area (Å²) in [5.41, 5.74) is 1.17. The molecule has 4 atom stereocenters. The Bertz CT molecular complexity index is 756. The zero-order chi connectivity index (χ0) is 17.4. The van der Waals surface area contributed by atoms with Crippen LogP contribution in [0.15, 0.2) is 42.5 Å². The highest BCUT2D eigenvalue weighted by atomic mass is 16.5. The Morgan fingerprint density at radius 2 is 1.80 bits per heavy atom. The van der Waals surface area contributed by atoms with Gasteiger partial charge in [-0.3, -0.25) is 0 Å². The van der Waals surface area contributed by atoms with E-state index in [1.807, 2.05) is 17.0 Å². The van der Waals surface area contributed by atoms with Crippen molar-refractivity contribution in [3.8, 4) is 0 Å². The Morgan fingerprint density at radius 3 is 2.52 bits per heavy atom. The van der Waals surface area contributed by atoms with Crippen LogP contribution in [0.2, 0.25) is 0 Å². The molecule has 25 heavy (non-hydrogen) atoms. The van der Waals surface area contributed by atoms with Crippen LogP contribution in [0.1, 0.15) is 31.4 Å². The summed E-state index contributed by atoms with van der Waals surface area (Å²) in [6.07, 6.45) is 2.68. The number of piperidine rings is 1. The summed E-state index contributed by atoms with van der Waals surface area (Å²) in [5, 5.41) is 5.62. The Morgan fingerprint density at radius 1 is 1.12 bits per heavy atom. The molecule has 4 heteroatoms. The number of nitrogens with one attached hydrogen (secondary N) is 1. The van der Waals surface area contributed by atoms with Crippen molar-refractivity contribution >= 4 is 16.8 Å². The van der Waals surface area contributed by atoms with Gasteiger partial charge in [0.1, 0.15) is 0 Å². The van der Waals surface area contributed by atoms with Crippen LogP contribution in [0.3, 0.4) is 0 Å². The van der Waals surface area contributed by atoms with Gasteiger partial charge >= 0.3 is 6.03 Å². The maximum Gasteiger partial charge on any atom is 0.317 e. The summed E-state index contributed by atoms with van der Waals surface area (Å²) in [6, 6.07) is 14.6. The van der Waals surface area contributed by atoms with Crippen molar-refractivity contribution in [3.05, 3.63) is 48.0 Å². The van der Waals surface area contributed by atoms with Crippen LogP contribution in [0, 0.1) is 11.8 Å². The highest BCUT2D eigenvalue weighted by Crippen LogP contribution is 2.38. The molecule has 0 radical (unpaired) electrons. The van der Waals surface area contributed by atoms with Gasteiger partial charge < -0.3 is 15.0 Å². The fourth-order valence-electron chi connectivity index (χ4n) is 4.71. The van der Waals surface area contributed by atoms with Crippen LogP contribution < -0.4 is 5.32 Å². The van der Waals surface area contributed by atoms with Gasteiger partial charge in [0.25, 0.3) is 0 Å². The van der Waals surface area contributed by atoms with E-state index >= 15 is 0 Å². The lowest BCUT2D eigenvalue weighted by Gasteiger charge is -2.37. The Hall–Kier alpha value is -2.07. The molecular formula is C21H26N2O2. The third kappa shape index (κ3) is 2.99. The number of benzene rings is 2. The number of fused-ring (bicyclic) bond motifs is 3. The zero-order valence-electron chi connectivity index (χ0n) is 14.9. The van der Waals surface area contributed by atoms with E-state index in [2.05, 4.69) is 42.6 Å². The number of ether oxygens (including phenoxy) is 1. The topological polar surface area (TPSA) is 41.6 Å². The van der Waals surface area contributed by atoms with E-state index < -0.39 is 0 Å². The molecule has 1 aliphatic heterocycles. The molecule has 1 saturated heterocycles. The van der Waals surface area contributed by atoms with Gasteiger partial charge in [0.15, 0.2) is 0 Å². The summed E-state index contributed by atoms with van der Waals surface area (Å²) in [4.78, 5) is 14.8. The molecule has 0 spiro atoms. The van der Waals surface area contributed by atoms with Crippen LogP contribution in [-0.4, -0.2) is 37.2 Å². The minimum atomic E-state index is -0.0172. The van der Waals surface area contributed by atoms with Gasteiger partial charge in [-0.2, -0.15) is 0 Å². The number of urea groups is 1. The highest BCUT2D eigenvalue weighted by Gasteiger charge is 2.43. The standard InChI is InChI=1S/C21H26N2O2/c1-14(18-9-5-7-15-6-3-4-8-19(15)18)22-21(24)23-12-16-10-11-17(13-23)20(16)25-2/h3-9,14,16-17,20H,10-13H2,1-2H3,(H,22,24)/t14-,16-,17+,20?/m1/s1. The molecule has 2 fully saturated rings. The number of likely N-dealkylation sites (tertiary alicyclic amines) is 1. The monoisotopic (exact) mass is 338 g/mol. The van der Waals surface area contributed by atoms with Crippen molar-refractivity contribution in [1.29, 1.82) is 0 Å². The third-order valence-corrected chi connectivity index (χ3v) is 5.94. The SMILES string of the molecule is COC1[C@@H]2CC[C@H]1CN(C(=O)N[C@H](C)c1cccc3ccccc13)C2. The average molecular weight is 338 g/mol. The molecule has 2 aromatic carbocycles. The summed E-state index contributed by atoms with van der Waals surface area (Å²) in [6.45, 7) is 3.68. The summed E-state index contributed by atoms with van der Waals surface area (Å²) < 4.78 is 5.65. The number of carbonyl (C=O) groups is 1. The predicted molar refractivity (Wildman–Crippen MR) is 99.5 cm³/mol. The quantitative estimate of drug-likeness (QED) is 0.920. The second kappa shape index (κ2) is 6.68. The molecule has 4 rings (SSSR count). The van der Waals surface area contributed by atoms with Crippen molar-refractivity contribution in [3.63, 3.8) is 0 Å². The maximum atomic E-state index is 12.8. The lowest BCUT2D eigenvalue weighted by molar-refractivity contribution is -0.00528. The molecule has 4 nitrogen and oxygen atoms in total. The molecule has 1 aliphatic carbocycles. The first-order valence-corrected chi connectivity index (χ1v) is 9.23. The van der Waals surface area contributed by atoms with E-state index in [1.54, 1.807) is 7.11 Å². The minimum Gasteiger partial charge on any atom is -0.381 e. The lowest BCUT2D eigenvalue weighted by Crippen LogP contribution is -2.51. The van der Waals surface area contributed by atoms with Gasteiger partial charge in [-0.15, -0.1) is 0 Å². The third-order valence-electron chi connectivity index (χ3n) is 5.94. The first-order chi connectivity index (χ1) is 12.2. The molecule has 0 aromatic heterocycles. The fourth-order valence-corrected chi connectivity index (χ4v) is 4.71. The van der Waals surface area contributed by atoms with Gasteiger partial charge in [0, 0.05) is 32.0 Å². The van der Waals surface area contributed by atoms with Gasteiger partial charge in [-0.1, -0.05) is 42.5 Å². The van der Waals surface area contributed by atoms with Crippen molar-refractivity contribution < 1.29 is 9.53 Å². The number of hydrogen-bond acceptors (Lipinski definition) is 2. The number of methoxy groups -OCH3 is 1. The van der Waals surface area contributed by atoms with Crippen LogP contribution in [0.5, 0.6) is 0 Å². The van der Waals surface area contributed by atoms with E-state index in [0.717, 1.165) is 13.1 Å². The summed E-state index contributed by atoms with van der Waals surface area (Å²) >= 11 is 0. The molecule has 1 saturated carbocycles. The van der Waals surface area contributed by atoms with E-state index in [0.29, 0.717) is 17.9 Å². The minimum absolute atomic E-state index is 0.0172. The van der Waals surface area contributed by atoms with Crippen LogP contribution in [0.4, 0.5) is 4.79 Å². The second-order valence-electron chi connectivity index (χ2n) is 7.44.